The Morgan fingerprint density at radius 3 is 2.59 bits per heavy atom. The van der Waals surface area contributed by atoms with Crippen molar-refractivity contribution in [2.24, 2.45) is 0 Å². The maximum atomic E-state index is 12.4. The molecule has 27 heavy (non-hydrogen) atoms. The number of hydrogen-bond acceptors (Lipinski definition) is 6. The Morgan fingerprint density at radius 1 is 1.15 bits per heavy atom. The van der Waals surface area contributed by atoms with E-state index in [1.54, 1.807) is 30.4 Å². The number of aromatic nitrogens is 1. The van der Waals surface area contributed by atoms with Crippen LogP contribution >= 0.6 is 22.7 Å². The van der Waals surface area contributed by atoms with E-state index in [0.717, 1.165) is 29.8 Å². The van der Waals surface area contributed by atoms with Crippen molar-refractivity contribution in [1.82, 2.24) is 4.98 Å². The quantitative estimate of drug-likeness (QED) is 0.367. The lowest BCUT2D eigenvalue weighted by atomic mass is 10.0. The fourth-order valence-corrected chi connectivity index (χ4v) is 4.29. The number of rotatable bonds is 8. The Bertz CT molecular complexity index is 912. The van der Waals surface area contributed by atoms with E-state index in [2.05, 4.69) is 11.9 Å². The van der Waals surface area contributed by atoms with Gasteiger partial charge < -0.3 is 4.74 Å². The van der Waals surface area contributed by atoms with Gasteiger partial charge in [-0.25, -0.2) is 9.78 Å². The van der Waals surface area contributed by atoms with Crippen molar-refractivity contribution in [3.8, 4) is 10.6 Å². The van der Waals surface area contributed by atoms with Crippen molar-refractivity contribution in [3.63, 3.8) is 0 Å². The van der Waals surface area contributed by atoms with Crippen LogP contribution < -0.4 is 0 Å². The summed E-state index contributed by atoms with van der Waals surface area (Å²) >= 11 is 2.87. The smallest absolute Gasteiger partial charge is 0.350 e. The fourth-order valence-electron chi connectivity index (χ4n) is 2.61. The SMILES string of the molecule is CCCCc1ccc(C(=O)COC(=O)c2sc(-c3ccsc3)nc2C)cc1. The van der Waals surface area contributed by atoms with Crippen LogP contribution in [0.3, 0.4) is 0 Å². The number of carbonyl (C=O) groups is 2. The summed E-state index contributed by atoms with van der Waals surface area (Å²) in [5.41, 5.74) is 3.39. The average molecular weight is 400 g/mol. The number of aryl methyl sites for hydroxylation is 2. The zero-order valence-electron chi connectivity index (χ0n) is 15.4. The Balaban J connectivity index is 1.59. The zero-order valence-corrected chi connectivity index (χ0v) is 17.0. The predicted molar refractivity (Wildman–Crippen MR) is 110 cm³/mol. The van der Waals surface area contributed by atoms with Crippen LogP contribution in [0.15, 0.2) is 41.1 Å². The molecule has 2 aromatic heterocycles. The van der Waals surface area contributed by atoms with Crippen LogP contribution in [-0.2, 0) is 11.2 Å². The molecule has 0 aliphatic rings. The highest BCUT2D eigenvalue weighted by Gasteiger charge is 2.19. The molecule has 6 heteroatoms. The van der Waals surface area contributed by atoms with Crippen LogP contribution in [0, 0.1) is 6.92 Å². The number of nitrogens with zero attached hydrogens (tertiary/aromatic N) is 1. The summed E-state index contributed by atoms with van der Waals surface area (Å²) in [6.07, 6.45) is 3.28. The van der Waals surface area contributed by atoms with Crippen molar-refractivity contribution >= 4 is 34.4 Å². The maximum Gasteiger partial charge on any atom is 0.350 e. The summed E-state index contributed by atoms with van der Waals surface area (Å²) in [6.45, 7) is 3.67. The first kappa shape index (κ1) is 19.5. The Kier molecular flexibility index (Phi) is 6.53. The summed E-state index contributed by atoms with van der Waals surface area (Å²) in [5, 5.41) is 4.74. The van der Waals surface area contributed by atoms with Crippen molar-refractivity contribution in [1.29, 1.82) is 0 Å². The highest BCUT2D eigenvalue weighted by Crippen LogP contribution is 2.29. The van der Waals surface area contributed by atoms with Crippen LogP contribution in [0.1, 0.15) is 51.1 Å². The van der Waals surface area contributed by atoms with Crippen LogP contribution in [0.4, 0.5) is 0 Å². The molecule has 1 aromatic carbocycles. The standard InChI is InChI=1S/C21H21NO3S2/c1-3-4-5-15-6-8-16(9-7-15)18(23)12-25-21(24)19-14(2)22-20(27-19)17-10-11-26-13-17/h6-11,13H,3-5,12H2,1-2H3. The lowest BCUT2D eigenvalue weighted by molar-refractivity contribution is 0.0478. The molecule has 0 N–H and O–H groups in total. The molecule has 140 valence electrons. The van der Waals surface area contributed by atoms with Gasteiger partial charge in [0.15, 0.2) is 12.4 Å². The fraction of sp³-hybridized carbons (Fsp3) is 0.286. The predicted octanol–water partition coefficient (Wildman–Crippen LogP) is 5.56. The van der Waals surface area contributed by atoms with E-state index in [4.69, 9.17) is 4.74 Å². The second-order valence-electron chi connectivity index (χ2n) is 6.25. The molecular weight excluding hydrogens is 378 g/mol. The summed E-state index contributed by atoms with van der Waals surface area (Å²) in [5.74, 6) is -0.704. The Labute approximate surface area is 166 Å². The summed E-state index contributed by atoms with van der Waals surface area (Å²) < 4.78 is 5.24. The minimum Gasteiger partial charge on any atom is -0.453 e. The molecule has 0 bridgehead atoms. The van der Waals surface area contributed by atoms with E-state index >= 15 is 0 Å². The first-order chi connectivity index (χ1) is 13.1. The third-order valence-electron chi connectivity index (χ3n) is 4.18. The molecule has 4 nitrogen and oxygen atoms in total. The van der Waals surface area contributed by atoms with Crippen LogP contribution in [-0.4, -0.2) is 23.3 Å². The normalized spacial score (nSPS) is 10.7. The minimum atomic E-state index is -0.501. The molecule has 0 amide bonds. The largest absolute Gasteiger partial charge is 0.453 e. The Morgan fingerprint density at radius 2 is 1.93 bits per heavy atom. The van der Waals surface area contributed by atoms with E-state index in [1.165, 1.54) is 16.9 Å². The third-order valence-corrected chi connectivity index (χ3v) is 6.05. The number of thiophene rings is 1. The second-order valence-corrected chi connectivity index (χ2v) is 8.02. The van der Waals surface area contributed by atoms with E-state index in [9.17, 15) is 9.59 Å². The third kappa shape index (κ3) is 4.90. The molecule has 0 aliphatic heterocycles. The van der Waals surface area contributed by atoms with Crippen molar-refractivity contribution in [2.45, 2.75) is 33.1 Å². The molecule has 0 unspecified atom stereocenters. The molecule has 0 fully saturated rings. The van der Waals surface area contributed by atoms with Crippen molar-refractivity contribution < 1.29 is 14.3 Å². The average Bonchev–Trinajstić information content (AvgIpc) is 3.34. The van der Waals surface area contributed by atoms with Gasteiger partial charge in [-0.1, -0.05) is 37.6 Å². The van der Waals surface area contributed by atoms with Gasteiger partial charge >= 0.3 is 5.97 Å². The number of carbonyl (C=O) groups excluding carboxylic acids is 2. The minimum absolute atomic E-state index is 0.203. The number of hydrogen-bond donors (Lipinski definition) is 0. The van der Waals surface area contributed by atoms with E-state index in [1.807, 2.05) is 29.0 Å². The van der Waals surface area contributed by atoms with Gasteiger partial charge in [-0.2, -0.15) is 11.3 Å². The topological polar surface area (TPSA) is 56.3 Å². The summed E-state index contributed by atoms with van der Waals surface area (Å²) in [7, 11) is 0. The maximum absolute atomic E-state index is 12.4. The number of Topliss-reactive ketones (excluding diaryl/α,β-unsaturated/α-hetero) is 1. The molecule has 0 aliphatic carbocycles. The van der Waals surface area contributed by atoms with Crippen LogP contribution in [0.5, 0.6) is 0 Å². The first-order valence-corrected chi connectivity index (χ1v) is 10.6. The van der Waals surface area contributed by atoms with Gasteiger partial charge in [-0.15, -0.1) is 11.3 Å². The van der Waals surface area contributed by atoms with Crippen molar-refractivity contribution in [3.05, 3.63) is 62.8 Å². The van der Waals surface area contributed by atoms with Gasteiger partial charge in [-0.3, -0.25) is 4.79 Å². The molecule has 0 saturated heterocycles. The lowest BCUT2D eigenvalue weighted by Gasteiger charge is -2.05. The monoisotopic (exact) mass is 399 g/mol. The van der Waals surface area contributed by atoms with Gasteiger partial charge in [0, 0.05) is 16.5 Å². The van der Waals surface area contributed by atoms with Gasteiger partial charge in [0.2, 0.25) is 0 Å². The summed E-state index contributed by atoms with van der Waals surface area (Å²) in [4.78, 5) is 29.5. The van der Waals surface area contributed by atoms with Crippen LogP contribution in [0.2, 0.25) is 0 Å². The highest BCUT2D eigenvalue weighted by atomic mass is 32.1. The molecule has 0 atom stereocenters. The first-order valence-electron chi connectivity index (χ1n) is 8.87. The molecule has 2 heterocycles. The summed E-state index contributed by atoms with van der Waals surface area (Å²) in [6, 6.07) is 9.49. The Hall–Kier alpha value is -2.31. The van der Waals surface area contributed by atoms with E-state index in [0.29, 0.717) is 16.1 Å². The number of thiazole rings is 1. The number of unbranched alkanes of at least 4 members (excludes halogenated alkanes) is 1. The molecule has 0 radical (unpaired) electrons. The van der Waals surface area contributed by atoms with Gasteiger partial charge in [-0.05, 0) is 36.8 Å². The molecular formula is C21H21NO3S2. The highest BCUT2D eigenvalue weighted by molar-refractivity contribution is 7.17. The zero-order chi connectivity index (χ0) is 19.2. The lowest BCUT2D eigenvalue weighted by Crippen LogP contribution is -2.14. The van der Waals surface area contributed by atoms with Crippen LogP contribution in [0.25, 0.3) is 10.6 Å². The van der Waals surface area contributed by atoms with Gasteiger partial charge in [0.05, 0.1) is 5.69 Å². The molecule has 0 saturated carbocycles. The van der Waals surface area contributed by atoms with E-state index in [-0.39, 0.29) is 12.4 Å². The van der Waals surface area contributed by atoms with Gasteiger partial charge in [0.1, 0.15) is 9.88 Å². The van der Waals surface area contributed by atoms with E-state index < -0.39 is 5.97 Å². The second kappa shape index (κ2) is 9.06. The molecule has 3 rings (SSSR count). The van der Waals surface area contributed by atoms with Crippen molar-refractivity contribution in [2.75, 3.05) is 6.61 Å². The number of ether oxygens (including phenoxy) is 1. The molecule has 3 aromatic rings. The van der Waals surface area contributed by atoms with Gasteiger partial charge in [0.25, 0.3) is 0 Å². The molecule has 0 spiro atoms. The number of benzene rings is 1. The number of ketones is 1. The number of esters is 1.